The average Bonchev–Trinajstić information content (AvgIpc) is 1.96. The van der Waals surface area contributed by atoms with Crippen molar-refractivity contribution in [2.24, 2.45) is 0 Å². The SMILES string of the molecule is CCCCCCC[CH2][Sn]([CH3])=[S]. The summed E-state index contributed by atoms with van der Waals surface area (Å²) in [6, 6.07) is 0. The third kappa shape index (κ3) is 11.0. The molecular weight excluding hydrogens is 259 g/mol. The molecule has 0 saturated heterocycles. The fourth-order valence-electron chi connectivity index (χ4n) is 1.15. The van der Waals surface area contributed by atoms with Gasteiger partial charge in [-0.1, -0.05) is 0 Å². The Labute approximate surface area is 81.7 Å². The first-order valence-corrected chi connectivity index (χ1v) is 13.5. The van der Waals surface area contributed by atoms with Gasteiger partial charge in [0.2, 0.25) is 0 Å². The first-order chi connectivity index (χ1) is 5.27. The number of rotatable bonds is 7. The number of hydrogen-bond donors (Lipinski definition) is 0. The fourth-order valence-corrected chi connectivity index (χ4v) is 4.26. The van der Waals surface area contributed by atoms with Crippen LogP contribution in [0.2, 0.25) is 9.38 Å². The first-order valence-electron chi connectivity index (χ1n) is 4.76. The van der Waals surface area contributed by atoms with Gasteiger partial charge in [0.25, 0.3) is 0 Å². The monoisotopic (exact) mass is 280 g/mol. The van der Waals surface area contributed by atoms with Crippen molar-refractivity contribution in [3.63, 3.8) is 0 Å². The van der Waals surface area contributed by atoms with Gasteiger partial charge >= 0.3 is 81.9 Å². The van der Waals surface area contributed by atoms with Gasteiger partial charge in [-0.05, 0) is 0 Å². The molecule has 0 aliphatic rings. The van der Waals surface area contributed by atoms with Crippen LogP contribution >= 0.6 is 9.29 Å². The van der Waals surface area contributed by atoms with E-state index in [0.29, 0.717) is 0 Å². The molecule has 0 heterocycles. The molecule has 0 bridgehead atoms. The number of unbranched alkanes of at least 4 members (excludes halogenated alkanes) is 5. The Hall–Kier alpha value is 1.02. The molecule has 66 valence electrons. The molecule has 0 N–H and O–H groups in total. The molecule has 0 aromatic heterocycles. The van der Waals surface area contributed by atoms with Crippen molar-refractivity contribution in [2.75, 3.05) is 0 Å². The summed E-state index contributed by atoms with van der Waals surface area (Å²) in [4.78, 5) is 2.32. The Morgan fingerprint density at radius 1 is 1.00 bits per heavy atom. The minimum absolute atomic E-state index is 1.12. The van der Waals surface area contributed by atoms with Gasteiger partial charge in [0, 0.05) is 0 Å². The van der Waals surface area contributed by atoms with Crippen LogP contribution < -0.4 is 0 Å². The Morgan fingerprint density at radius 2 is 1.55 bits per heavy atom. The van der Waals surface area contributed by atoms with Crippen LogP contribution in [0.1, 0.15) is 45.4 Å². The van der Waals surface area contributed by atoms with Crippen LogP contribution in [0.15, 0.2) is 0 Å². The van der Waals surface area contributed by atoms with Crippen molar-refractivity contribution in [1.29, 1.82) is 0 Å². The topological polar surface area (TPSA) is 0 Å². The molecule has 0 fully saturated rings. The average molecular weight is 279 g/mol. The van der Waals surface area contributed by atoms with Gasteiger partial charge in [-0.15, -0.1) is 0 Å². The van der Waals surface area contributed by atoms with Crippen molar-refractivity contribution < 1.29 is 0 Å². The molecule has 0 amide bonds. The van der Waals surface area contributed by atoms with Crippen LogP contribution in [0.5, 0.6) is 0 Å². The molecule has 0 aromatic carbocycles. The maximum atomic E-state index is 5.28. The van der Waals surface area contributed by atoms with Gasteiger partial charge in [0.15, 0.2) is 0 Å². The summed E-state index contributed by atoms with van der Waals surface area (Å²) in [5.74, 6) is 0. The van der Waals surface area contributed by atoms with Gasteiger partial charge in [-0.3, -0.25) is 0 Å². The molecule has 0 unspecified atom stereocenters. The maximum absolute atomic E-state index is 5.28. The van der Waals surface area contributed by atoms with Gasteiger partial charge in [-0.25, -0.2) is 0 Å². The standard InChI is InChI=1S/C8H17.CH3.S.Sn/c1-3-5-7-8-6-4-2;;;/h1,3-8H2,2H3;1H3;;. The zero-order valence-electron chi connectivity index (χ0n) is 7.86. The number of hydrogen-bond acceptors (Lipinski definition) is 1. The van der Waals surface area contributed by atoms with Crippen molar-refractivity contribution in [1.82, 2.24) is 0 Å². The molecular formula is C9H20SSn. The molecule has 0 rings (SSSR count). The van der Waals surface area contributed by atoms with E-state index in [4.69, 9.17) is 9.29 Å². The Bertz CT molecular complexity index is 102. The van der Waals surface area contributed by atoms with Crippen LogP contribution in [-0.2, 0) is 0 Å². The van der Waals surface area contributed by atoms with E-state index in [2.05, 4.69) is 11.9 Å². The Balaban J connectivity index is 2.85. The van der Waals surface area contributed by atoms with Gasteiger partial charge in [-0.2, -0.15) is 0 Å². The second-order valence-electron chi connectivity index (χ2n) is 3.22. The summed E-state index contributed by atoms with van der Waals surface area (Å²) < 4.78 is 1.43. The molecule has 2 heteroatoms. The second kappa shape index (κ2) is 9.11. The predicted octanol–water partition coefficient (Wildman–Crippen LogP) is 4.17. The van der Waals surface area contributed by atoms with E-state index in [1.54, 1.807) is 0 Å². The summed E-state index contributed by atoms with van der Waals surface area (Å²) in [6.45, 7) is 2.26. The molecule has 0 spiro atoms. The molecule has 0 nitrogen and oxygen atoms in total. The Morgan fingerprint density at radius 3 is 2.09 bits per heavy atom. The van der Waals surface area contributed by atoms with E-state index >= 15 is 0 Å². The van der Waals surface area contributed by atoms with E-state index in [1.165, 1.54) is 43.0 Å². The van der Waals surface area contributed by atoms with Gasteiger partial charge < -0.3 is 0 Å². The zero-order chi connectivity index (χ0) is 8.53. The summed E-state index contributed by atoms with van der Waals surface area (Å²) in [5.41, 5.74) is 0. The quantitative estimate of drug-likeness (QED) is 0.498. The minimum atomic E-state index is -1.12. The Kier molecular flexibility index (Phi) is 9.95. The molecule has 0 saturated carbocycles. The van der Waals surface area contributed by atoms with E-state index in [-0.39, 0.29) is 0 Å². The molecule has 0 aliphatic carbocycles. The van der Waals surface area contributed by atoms with E-state index in [0.717, 1.165) is 0 Å². The predicted molar refractivity (Wildman–Crippen MR) is 57.4 cm³/mol. The van der Waals surface area contributed by atoms with Crippen molar-refractivity contribution in [3.05, 3.63) is 0 Å². The normalized spacial score (nSPS) is 10.0. The van der Waals surface area contributed by atoms with Gasteiger partial charge in [0.05, 0.1) is 0 Å². The molecule has 0 atom stereocenters. The van der Waals surface area contributed by atoms with Gasteiger partial charge in [0.1, 0.15) is 0 Å². The third-order valence-electron chi connectivity index (χ3n) is 1.88. The van der Waals surface area contributed by atoms with Crippen LogP contribution in [0.3, 0.4) is 0 Å². The first kappa shape index (κ1) is 12.0. The van der Waals surface area contributed by atoms with Crippen molar-refractivity contribution in [2.45, 2.75) is 54.8 Å². The van der Waals surface area contributed by atoms with E-state index < -0.39 is 17.8 Å². The summed E-state index contributed by atoms with van der Waals surface area (Å²) in [6.07, 6.45) is 8.53. The second-order valence-corrected chi connectivity index (χ2v) is 13.3. The molecule has 0 radical (unpaired) electrons. The van der Waals surface area contributed by atoms with E-state index in [9.17, 15) is 0 Å². The summed E-state index contributed by atoms with van der Waals surface area (Å²) >= 11 is -1.12. The van der Waals surface area contributed by atoms with Crippen LogP contribution in [0.25, 0.3) is 0 Å². The van der Waals surface area contributed by atoms with Crippen LogP contribution in [0, 0.1) is 0 Å². The summed E-state index contributed by atoms with van der Waals surface area (Å²) in [7, 11) is 5.28. The fraction of sp³-hybridized carbons (Fsp3) is 1.00. The van der Waals surface area contributed by atoms with Crippen molar-refractivity contribution in [3.8, 4) is 0 Å². The molecule has 0 aromatic rings. The molecule has 0 aliphatic heterocycles. The zero-order valence-corrected chi connectivity index (χ0v) is 11.5. The molecule has 11 heavy (non-hydrogen) atoms. The van der Waals surface area contributed by atoms with Crippen LogP contribution in [0.4, 0.5) is 0 Å². The van der Waals surface area contributed by atoms with Crippen LogP contribution in [-0.4, -0.2) is 17.8 Å². The van der Waals surface area contributed by atoms with Crippen molar-refractivity contribution >= 4 is 27.1 Å². The summed E-state index contributed by atoms with van der Waals surface area (Å²) in [5, 5.41) is 0. The third-order valence-corrected chi connectivity index (χ3v) is 6.27. The van der Waals surface area contributed by atoms with E-state index in [1.807, 2.05) is 0 Å².